The van der Waals surface area contributed by atoms with Crippen LogP contribution >= 0.6 is 0 Å². The van der Waals surface area contributed by atoms with Crippen LogP contribution in [0.3, 0.4) is 0 Å². The molecule has 0 radical (unpaired) electrons. The molecule has 2 heteroatoms. The highest BCUT2D eigenvalue weighted by Crippen LogP contribution is 2.38. The lowest BCUT2D eigenvalue weighted by atomic mass is 10.0. The zero-order chi connectivity index (χ0) is 14.0. The molecular weight excluding hydrogens is 248 g/mol. The Hall–Kier alpha value is -1.80. The van der Waals surface area contributed by atoms with Crippen LogP contribution < -0.4 is 4.74 Å². The van der Waals surface area contributed by atoms with Crippen molar-refractivity contribution in [1.29, 1.82) is 0 Å². The van der Waals surface area contributed by atoms with Gasteiger partial charge in [0.15, 0.2) is 0 Å². The second kappa shape index (κ2) is 5.29. The Kier molecular flexibility index (Phi) is 3.49. The van der Waals surface area contributed by atoms with Crippen molar-refractivity contribution in [2.24, 2.45) is 0 Å². The molecule has 2 aromatic carbocycles. The highest BCUT2D eigenvalue weighted by Gasteiger charge is 2.40. The lowest BCUT2D eigenvalue weighted by molar-refractivity contribution is 0.151. The average Bonchev–Trinajstić information content (AvgIpc) is 3.18. The Labute approximate surface area is 120 Å². The van der Waals surface area contributed by atoms with Gasteiger partial charge in [-0.05, 0) is 42.5 Å². The van der Waals surface area contributed by atoms with E-state index in [9.17, 15) is 5.11 Å². The molecule has 0 spiro atoms. The van der Waals surface area contributed by atoms with E-state index in [2.05, 4.69) is 37.3 Å². The van der Waals surface area contributed by atoms with Gasteiger partial charge in [-0.1, -0.05) is 42.5 Å². The van der Waals surface area contributed by atoms with Gasteiger partial charge in [-0.15, -0.1) is 0 Å². The summed E-state index contributed by atoms with van der Waals surface area (Å²) in [5.41, 5.74) is 3.00. The number of ether oxygens (including phenoxy) is 1. The SMILES string of the molecule is Cc1ccc(CC2(O)CC2)cc1OCc1ccccc1. The zero-order valence-corrected chi connectivity index (χ0v) is 11.8. The van der Waals surface area contributed by atoms with Gasteiger partial charge in [-0.3, -0.25) is 0 Å². The topological polar surface area (TPSA) is 29.5 Å². The van der Waals surface area contributed by atoms with Crippen LogP contribution in [0.4, 0.5) is 0 Å². The van der Waals surface area contributed by atoms with Gasteiger partial charge in [0.2, 0.25) is 0 Å². The Bertz CT molecular complexity index is 586. The number of aliphatic hydroxyl groups is 1. The molecule has 1 N–H and O–H groups in total. The maximum Gasteiger partial charge on any atom is 0.122 e. The molecule has 1 aliphatic carbocycles. The molecular formula is C18H20O2. The highest BCUT2D eigenvalue weighted by molar-refractivity contribution is 5.37. The van der Waals surface area contributed by atoms with Crippen LogP contribution in [-0.2, 0) is 13.0 Å². The van der Waals surface area contributed by atoms with Crippen LogP contribution in [0.15, 0.2) is 48.5 Å². The number of aryl methyl sites for hydroxylation is 1. The lowest BCUT2D eigenvalue weighted by Gasteiger charge is -2.13. The summed E-state index contributed by atoms with van der Waals surface area (Å²) in [6.07, 6.45) is 2.57. The zero-order valence-electron chi connectivity index (χ0n) is 11.8. The summed E-state index contributed by atoms with van der Waals surface area (Å²) in [6.45, 7) is 2.63. The molecule has 0 aliphatic heterocycles. The largest absolute Gasteiger partial charge is 0.489 e. The Morgan fingerprint density at radius 3 is 2.50 bits per heavy atom. The molecule has 3 rings (SSSR count). The van der Waals surface area contributed by atoms with Crippen LogP contribution in [0, 0.1) is 6.92 Å². The summed E-state index contributed by atoms with van der Waals surface area (Å²) in [5.74, 6) is 0.913. The van der Waals surface area contributed by atoms with Crippen molar-refractivity contribution in [2.45, 2.75) is 38.4 Å². The minimum absolute atomic E-state index is 0.452. The number of rotatable bonds is 5. The molecule has 0 saturated heterocycles. The standard InChI is InChI=1S/C18H20O2/c1-14-7-8-16(12-18(19)9-10-18)11-17(14)20-13-15-5-3-2-4-6-15/h2-8,11,19H,9-10,12-13H2,1H3. The molecule has 104 valence electrons. The van der Waals surface area contributed by atoms with Crippen molar-refractivity contribution < 1.29 is 9.84 Å². The fraction of sp³-hybridized carbons (Fsp3) is 0.333. The summed E-state index contributed by atoms with van der Waals surface area (Å²) < 4.78 is 5.92. The van der Waals surface area contributed by atoms with E-state index in [1.54, 1.807) is 0 Å². The van der Waals surface area contributed by atoms with Gasteiger partial charge in [0.05, 0.1) is 5.60 Å². The van der Waals surface area contributed by atoms with Crippen molar-refractivity contribution in [1.82, 2.24) is 0 Å². The first kappa shape index (κ1) is 13.2. The Morgan fingerprint density at radius 1 is 1.05 bits per heavy atom. The number of hydrogen-bond acceptors (Lipinski definition) is 2. The minimum atomic E-state index is -0.452. The summed E-state index contributed by atoms with van der Waals surface area (Å²) in [4.78, 5) is 0. The molecule has 1 saturated carbocycles. The normalized spacial score (nSPS) is 15.9. The second-order valence-corrected chi connectivity index (χ2v) is 5.78. The van der Waals surface area contributed by atoms with Crippen molar-refractivity contribution in [2.75, 3.05) is 0 Å². The third kappa shape index (κ3) is 3.20. The molecule has 2 aromatic rings. The fourth-order valence-electron chi connectivity index (χ4n) is 2.35. The van der Waals surface area contributed by atoms with Gasteiger partial charge in [0, 0.05) is 6.42 Å². The molecule has 2 nitrogen and oxygen atoms in total. The van der Waals surface area contributed by atoms with Crippen molar-refractivity contribution in [3.63, 3.8) is 0 Å². The Balaban J connectivity index is 1.70. The van der Waals surface area contributed by atoms with Gasteiger partial charge in [0.1, 0.15) is 12.4 Å². The first-order chi connectivity index (χ1) is 9.65. The smallest absolute Gasteiger partial charge is 0.122 e. The van der Waals surface area contributed by atoms with E-state index in [0.717, 1.165) is 41.7 Å². The van der Waals surface area contributed by atoms with Crippen molar-refractivity contribution in [3.05, 3.63) is 65.2 Å². The summed E-state index contributed by atoms with van der Waals surface area (Å²) in [7, 11) is 0. The second-order valence-electron chi connectivity index (χ2n) is 5.78. The monoisotopic (exact) mass is 268 g/mol. The van der Waals surface area contributed by atoms with Crippen molar-refractivity contribution >= 4 is 0 Å². The van der Waals surface area contributed by atoms with E-state index in [1.165, 1.54) is 0 Å². The third-order valence-electron chi connectivity index (χ3n) is 3.85. The quantitative estimate of drug-likeness (QED) is 0.897. The van der Waals surface area contributed by atoms with Gasteiger partial charge >= 0.3 is 0 Å². The maximum absolute atomic E-state index is 10.0. The van der Waals surface area contributed by atoms with Crippen molar-refractivity contribution in [3.8, 4) is 5.75 Å². The molecule has 1 fully saturated rings. The lowest BCUT2D eigenvalue weighted by Crippen LogP contribution is -2.10. The van der Waals surface area contributed by atoms with Crippen LogP contribution in [0.1, 0.15) is 29.5 Å². The van der Waals surface area contributed by atoms with E-state index in [-0.39, 0.29) is 0 Å². The van der Waals surface area contributed by atoms with Crippen LogP contribution in [-0.4, -0.2) is 10.7 Å². The van der Waals surface area contributed by atoms with Crippen LogP contribution in [0.5, 0.6) is 5.75 Å². The molecule has 0 bridgehead atoms. The van der Waals surface area contributed by atoms with E-state index >= 15 is 0 Å². The highest BCUT2D eigenvalue weighted by atomic mass is 16.5. The number of benzene rings is 2. The molecule has 20 heavy (non-hydrogen) atoms. The van der Waals surface area contributed by atoms with Gasteiger partial charge in [-0.2, -0.15) is 0 Å². The minimum Gasteiger partial charge on any atom is -0.489 e. The van der Waals surface area contributed by atoms with Gasteiger partial charge < -0.3 is 9.84 Å². The first-order valence-electron chi connectivity index (χ1n) is 7.13. The van der Waals surface area contributed by atoms with E-state index in [0.29, 0.717) is 6.61 Å². The first-order valence-corrected chi connectivity index (χ1v) is 7.13. The van der Waals surface area contributed by atoms with E-state index in [1.807, 2.05) is 18.2 Å². The number of hydrogen-bond donors (Lipinski definition) is 1. The fourth-order valence-corrected chi connectivity index (χ4v) is 2.35. The molecule has 0 atom stereocenters. The Morgan fingerprint density at radius 2 is 1.80 bits per heavy atom. The molecule has 0 heterocycles. The van der Waals surface area contributed by atoms with Gasteiger partial charge in [0.25, 0.3) is 0 Å². The molecule has 0 amide bonds. The summed E-state index contributed by atoms with van der Waals surface area (Å²) in [6, 6.07) is 16.4. The van der Waals surface area contributed by atoms with Crippen LogP contribution in [0.2, 0.25) is 0 Å². The molecule has 0 aromatic heterocycles. The summed E-state index contributed by atoms with van der Waals surface area (Å²) in [5, 5.41) is 10.0. The molecule has 0 unspecified atom stereocenters. The van der Waals surface area contributed by atoms with E-state index in [4.69, 9.17) is 4.74 Å². The molecule has 1 aliphatic rings. The van der Waals surface area contributed by atoms with Crippen LogP contribution in [0.25, 0.3) is 0 Å². The maximum atomic E-state index is 10.0. The average molecular weight is 268 g/mol. The summed E-state index contributed by atoms with van der Waals surface area (Å²) >= 11 is 0. The predicted molar refractivity (Wildman–Crippen MR) is 79.8 cm³/mol. The van der Waals surface area contributed by atoms with Gasteiger partial charge in [-0.25, -0.2) is 0 Å². The third-order valence-corrected chi connectivity index (χ3v) is 3.85. The van der Waals surface area contributed by atoms with E-state index < -0.39 is 5.60 Å². The predicted octanol–water partition coefficient (Wildman–Crippen LogP) is 3.64.